The van der Waals surface area contributed by atoms with Crippen molar-refractivity contribution >= 4 is 11.0 Å². The Balaban J connectivity index is 2.58. The van der Waals surface area contributed by atoms with Gasteiger partial charge in [-0.3, -0.25) is 4.57 Å². The van der Waals surface area contributed by atoms with E-state index in [1.807, 2.05) is 6.92 Å². The summed E-state index contributed by atoms with van der Waals surface area (Å²) < 4.78 is 31.2. The van der Waals surface area contributed by atoms with Gasteiger partial charge in [-0.25, -0.2) is 4.98 Å². The molecule has 0 saturated heterocycles. The van der Waals surface area contributed by atoms with Crippen molar-refractivity contribution in [3.05, 3.63) is 24.5 Å². The first-order chi connectivity index (χ1) is 7.24. The summed E-state index contributed by atoms with van der Waals surface area (Å²) in [7, 11) is 0. The summed E-state index contributed by atoms with van der Waals surface area (Å²) in [5, 5.41) is 0. The lowest BCUT2D eigenvalue weighted by molar-refractivity contribution is 0.0746. The first-order valence-electron chi connectivity index (χ1n) is 4.60. The summed E-state index contributed by atoms with van der Waals surface area (Å²) >= 11 is 0. The summed E-state index contributed by atoms with van der Waals surface area (Å²) in [6.45, 7) is -0.254. The van der Waals surface area contributed by atoms with Crippen molar-refractivity contribution in [2.45, 2.75) is 13.5 Å². The Morgan fingerprint density at radius 3 is 2.93 bits per heavy atom. The second-order valence-corrected chi connectivity index (χ2v) is 2.99. The molecule has 0 unspecified atom stereocenters. The van der Waals surface area contributed by atoms with Crippen molar-refractivity contribution in [3.8, 4) is 5.75 Å². The largest absolute Gasteiger partial charge is 0.492 e. The molecule has 0 aliphatic rings. The number of ether oxygens (including phenoxy) is 1. The molecule has 5 heteroatoms. The number of benzene rings is 1. The highest BCUT2D eigenvalue weighted by Gasteiger charge is 2.12. The molecule has 2 rings (SSSR count). The number of hydrogen-bond donors (Lipinski definition) is 0. The molecule has 0 saturated carbocycles. The molecule has 0 spiro atoms. The smallest absolute Gasteiger partial charge is 0.320 e. The Morgan fingerprint density at radius 2 is 2.27 bits per heavy atom. The lowest BCUT2D eigenvalue weighted by Crippen LogP contribution is -1.96. The van der Waals surface area contributed by atoms with E-state index in [1.54, 1.807) is 18.2 Å². The molecule has 1 aromatic heterocycles. The average Bonchev–Trinajstić information content (AvgIpc) is 2.62. The zero-order chi connectivity index (χ0) is 10.8. The molecular formula is C10H10F2N2O. The molecule has 0 atom stereocenters. The molecule has 80 valence electrons. The molecule has 0 radical (unpaired) electrons. The number of alkyl halides is 2. The summed E-state index contributed by atoms with van der Waals surface area (Å²) in [4.78, 5) is 3.92. The molecule has 0 fully saturated rings. The van der Waals surface area contributed by atoms with Crippen LogP contribution in [0.4, 0.5) is 8.78 Å². The Labute approximate surface area is 85.3 Å². The van der Waals surface area contributed by atoms with E-state index in [4.69, 9.17) is 4.74 Å². The van der Waals surface area contributed by atoms with Gasteiger partial charge in [-0.1, -0.05) is 6.07 Å². The van der Waals surface area contributed by atoms with Crippen molar-refractivity contribution in [3.63, 3.8) is 0 Å². The second-order valence-electron chi connectivity index (χ2n) is 2.99. The predicted octanol–water partition coefficient (Wildman–Crippen LogP) is 2.83. The van der Waals surface area contributed by atoms with E-state index >= 15 is 0 Å². The van der Waals surface area contributed by atoms with E-state index in [0.717, 1.165) is 10.9 Å². The normalized spacial score (nSPS) is 11.2. The molecule has 3 nitrogen and oxygen atoms in total. The molecule has 15 heavy (non-hydrogen) atoms. The van der Waals surface area contributed by atoms with Gasteiger partial charge in [0.1, 0.15) is 17.6 Å². The maximum absolute atomic E-state index is 12.5. The van der Waals surface area contributed by atoms with Crippen LogP contribution in [-0.4, -0.2) is 16.2 Å². The summed E-state index contributed by atoms with van der Waals surface area (Å²) in [5.74, 6) is 0.536. The van der Waals surface area contributed by atoms with E-state index in [0.29, 0.717) is 23.4 Å². The number of aromatic nitrogens is 2. The number of nitrogens with zero attached hydrogens (tertiary/aromatic N) is 2. The number of para-hydroxylation sites is 1. The molecule has 1 aromatic carbocycles. The van der Waals surface area contributed by atoms with E-state index in [1.165, 1.54) is 0 Å². The fraction of sp³-hybridized carbons (Fsp3) is 0.300. The zero-order valence-corrected chi connectivity index (χ0v) is 8.15. The van der Waals surface area contributed by atoms with E-state index in [9.17, 15) is 8.78 Å². The summed E-state index contributed by atoms with van der Waals surface area (Å²) in [6.07, 6.45) is 1.12. The molecule has 0 aliphatic heterocycles. The molecule has 0 N–H and O–H groups in total. The van der Waals surface area contributed by atoms with E-state index < -0.39 is 6.55 Å². The Bertz CT molecular complexity index is 467. The van der Waals surface area contributed by atoms with Crippen molar-refractivity contribution in [1.29, 1.82) is 0 Å². The van der Waals surface area contributed by atoms with Gasteiger partial charge in [0.2, 0.25) is 0 Å². The minimum Gasteiger partial charge on any atom is -0.492 e. The van der Waals surface area contributed by atoms with Gasteiger partial charge in [0.05, 0.1) is 12.1 Å². The lowest BCUT2D eigenvalue weighted by Gasteiger charge is -2.04. The number of imidazole rings is 1. The lowest BCUT2D eigenvalue weighted by atomic mass is 10.3. The number of fused-ring (bicyclic) bond motifs is 1. The Hall–Kier alpha value is -1.65. The quantitative estimate of drug-likeness (QED) is 0.782. The second kappa shape index (κ2) is 3.84. The highest BCUT2D eigenvalue weighted by Crippen LogP contribution is 2.26. The Morgan fingerprint density at radius 1 is 1.47 bits per heavy atom. The van der Waals surface area contributed by atoms with Crippen LogP contribution in [0.3, 0.4) is 0 Å². The monoisotopic (exact) mass is 212 g/mol. The van der Waals surface area contributed by atoms with Crippen LogP contribution in [0.2, 0.25) is 0 Å². The van der Waals surface area contributed by atoms with E-state index in [-0.39, 0.29) is 0 Å². The number of halogens is 2. The van der Waals surface area contributed by atoms with Crippen LogP contribution >= 0.6 is 0 Å². The van der Waals surface area contributed by atoms with Gasteiger partial charge < -0.3 is 4.74 Å². The van der Waals surface area contributed by atoms with Gasteiger partial charge in [0.15, 0.2) is 0 Å². The van der Waals surface area contributed by atoms with Crippen LogP contribution < -0.4 is 4.74 Å². The number of rotatable bonds is 3. The van der Waals surface area contributed by atoms with Crippen molar-refractivity contribution in [1.82, 2.24) is 9.55 Å². The molecule has 0 aliphatic carbocycles. The highest BCUT2D eigenvalue weighted by molar-refractivity contribution is 5.81. The Kier molecular flexibility index (Phi) is 2.53. The number of hydrogen-bond acceptors (Lipinski definition) is 2. The summed E-state index contributed by atoms with van der Waals surface area (Å²) in [6, 6.07) is 4.99. The van der Waals surface area contributed by atoms with E-state index in [2.05, 4.69) is 4.98 Å². The third-order valence-electron chi connectivity index (χ3n) is 2.08. The van der Waals surface area contributed by atoms with Gasteiger partial charge >= 0.3 is 6.55 Å². The molecule has 2 aromatic rings. The maximum Gasteiger partial charge on any atom is 0.320 e. The first kappa shape index (κ1) is 9.89. The first-order valence-corrected chi connectivity index (χ1v) is 4.60. The SMILES string of the molecule is CCOc1cccc2c1ncn2C(F)F. The minimum absolute atomic E-state index is 0.385. The fourth-order valence-corrected chi connectivity index (χ4v) is 1.46. The standard InChI is InChI=1S/C10H10F2N2O/c1-2-15-8-5-3-4-7-9(8)13-6-14(7)10(11)12/h3-6,10H,2H2,1H3. The van der Waals surface area contributed by atoms with Crippen molar-refractivity contribution in [2.24, 2.45) is 0 Å². The zero-order valence-electron chi connectivity index (χ0n) is 8.15. The van der Waals surface area contributed by atoms with Crippen molar-refractivity contribution in [2.75, 3.05) is 6.61 Å². The summed E-state index contributed by atoms with van der Waals surface area (Å²) in [5.41, 5.74) is 0.857. The minimum atomic E-state index is -2.58. The van der Waals surface area contributed by atoms with Gasteiger partial charge in [-0.05, 0) is 19.1 Å². The molecular weight excluding hydrogens is 202 g/mol. The van der Waals surface area contributed by atoms with Crippen LogP contribution in [-0.2, 0) is 0 Å². The van der Waals surface area contributed by atoms with Gasteiger partial charge in [0.25, 0.3) is 0 Å². The van der Waals surface area contributed by atoms with Gasteiger partial charge in [0, 0.05) is 0 Å². The molecule has 0 bridgehead atoms. The maximum atomic E-state index is 12.5. The highest BCUT2D eigenvalue weighted by atomic mass is 19.3. The fourth-order valence-electron chi connectivity index (χ4n) is 1.46. The predicted molar refractivity (Wildman–Crippen MR) is 52.2 cm³/mol. The van der Waals surface area contributed by atoms with Gasteiger partial charge in [-0.2, -0.15) is 8.78 Å². The van der Waals surface area contributed by atoms with Crippen LogP contribution in [0.25, 0.3) is 11.0 Å². The third kappa shape index (κ3) is 1.65. The topological polar surface area (TPSA) is 27.1 Å². The third-order valence-corrected chi connectivity index (χ3v) is 2.08. The van der Waals surface area contributed by atoms with Crippen LogP contribution in [0.5, 0.6) is 5.75 Å². The van der Waals surface area contributed by atoms with Gasteiger partial charge in [-0.15, -0.1) is 0 Å². The van der Waals surface area contributed by atoms with Crippen LogP contribution in [0.15, 0.2) is 24.5 Å². The average molecular weight is 212 g/mol. The van der Waals surface area contributed by atoms with Crippen LogP contribution in [0, 0.1) is 0 Å². The molecule has 0 amide bonds. The molecule has 1 heterocycles. The van der Waals surface area contributed by atoms with Crippen LogP contribution in [0.1, 0.15) is 13.5 Å². The van der Waals surface area contributed by atoms with Crippen molar-refractivity contribution < 1.29 is 13.5 Å².